The number of benzene rings is 2. The van der Waals surface area contributed by atoms with E-state index in [1.165, 1.54) is 6.08 Å². The molecular formula is C31H29ClN6O2. The number of halogens is 1. The number of aromatic amines is 1. The number of aromatic nitrogens is 3. The van der Waals surface area contributed by atoms with E-state index < -0.39 is 0 Å². The molecule has 0 atom stereocenters. The van der Waals surface area contributed by atoms with Gasteiger partial charge in [-0.05, 0) is 61.2 Å². The molecule has 4 aromatic rings. The van der Waals surface area contributed by atoms with Gasteiger partial charge in [0, 0.05) is 54.4 Å². The van der Waals surface area contributed by atoms with Crippen molar-refractivity contribution in [1.82, 2.24) is 20.1 Å². The molecule has 1 amide bonds. The molecule has 202 valence electrons. The van der Waals surface area contributed by atoms with Gasteiger partial charge in [0.2, 0.25) is 11.6 Å². The van der Waals surface area contributed by atoms with Gasteiger partial charge in [-0.1, -0.05) is 30.3 Å². The Hall–Kier alpha value is -4.35. The molecule has 2 aromatic heterocycles. The zero-order valence-electron chi connectivity index (χ0n) is 22.3. The standard InChI is InChI=1S/C31H29ClN6O2/c1-4-26(39)38-18-31(19-38)10-13-37(14-11-31)24-15-25(40-17-21-7-5-6-12-34-21)29(32)28(30(24)33-3)27-20(2)8-9-23-22(27)16-35-36-23/h4-9,12,15-16H,1,10-11,13-14,17-19H2,2H3,(H,35,36). The fourth-order valence-corrected chi connectivity index (χ4v) is 6.27. The van der Waals surface area contributed by atoms with Gasteiger partial charge in [0.1, 0.15) is 12.4 Å². The highest BCUT2D eigenvalue weighted by Gasteiger charge is 2.46. The number of carbonyl (C=O) groups excluding carboxylic acids is 1. The van der Waals surface area contributed by atoms with Crippen molar-refractivity contribution in [1.29, 1.82) is 0 Å². The lowest BCUT2D eigenvalue weighted by atomic mass is 9.72. The minimum Gasteiger partial charge on any atom is -0.486 e. The number of rotatable bonds is 6. The van der Waals surface area contributed by atoms with Crippen molar-refractivity contribution >= 4 is 39.8 Å². The van der Waals surface area contributed by atoms with Gasteiger partial charge in [0.25, 0.3) is 0 Å². The number of hydrogen-bond acceptors (Lipinski definition) is 5. The molecule has 6 rings (SSSR count). The molecule has 1 N–H and O–H groups in total. The second-order valence-corrected chi connectivity index (χ2v) is 11.0. The molecule has 4 heterocycles. The molecule has 8 nitrogen and oxygen atoms in total. The summed E-state index contributed by atoms with van der Waals surface area (Å²) in [4.78, 5) is 24.6. The Labute approximate surface area is 238 Å². The normalized spacial score (nSPS) is 16.0. The lowest BCUT2D eigenvalue weighted by molar-refractivity contribution is -0.139. The molecule has 0 aliphatic carbocycles. The van der Waals surface area contributed by atoms with Crippen LogP contribution < -0.4 is 9.64 Å². The maximum absolute atomic E-state index is 12.0. The van der Waals surface area contributed by atoms with Crippen LogP contribution in [-0.4, -0.2) is 52.2 Å². The summed E-state index contributed by atoms with van der Waals surface area (Å²) < 4.78 is 6.27. The van der Waals surface area contributed by atoms with Crippen molar-refractivity contribution in [3.63, 3.8) is 0 Å². The first kappa shape index (κ1) is 25.9. The summed E-state index contributed by atoms with van der Waals surface area (Å²) in [6.45, 7) is 17.2. The first-order valence-corrected chi connectivity index (χ1v) is 13.7. The molecule has 0 unspecified atom stereocenters. The number of amides is 1. The molecule has 2 aromatic carbocycles. The van der Waals surface area contributed by atoms with Gasteiger partial charge in [-0.15, -0.1) is 0 Å². The summed E-state index contributed by atoms with van der Waals surface area (Å²) in [7, 11) is 0. The third-order valence-corrected chi connectivity index (χ3v) is 8.56. The Morgan fingerprint density at radius 3 is 2.75 bits per heavy atom. The Kier molecular flexibility index (Phi) is 6.68. The zero-order valence-corrected chi connectivity index (χ0v) is 23.0. The first-order chi connectivity index (χ1) is 19.4. The lowest BCUT2D eigenvalue weighted by Gasteiger charge is -2.54. The number of ether oxygens (including phenoxy) is 1. The van der Waals surface area contributed by atoms with E-state index in [2.05, 4.69) is 31.5 Å². The third-order valence-electron chi connectivity index (χ3n) is 8.18. The van der Waals surface area contributed by atoms with Gasteiger partial charge in [-0.25, -0.2) is 4.85 Å². The molecule has 40 heavy (non-hydrogen) atoms. The van der Waals surface area contributed by atoms with Crippen molar-refractivity contribution in [2.24, 2.45) is 5.41 Å². The zero-order chi connectivity index (χ0) is 27.9. The van der Waals surface area contributed by atoms with Gasteiger partial charge in [-0.2, -0.15) is 5.10 Å². The number of H-pyrrole nitrogens is 1. The average Bonchev–Trinajstić information content (AvgIpc) is 3.44. The Morgan fingerprint density at radius 1 is 1.25 bits per heavy atom. The summed E-state index contributed by atoms with van der Waals surface area (Å²) in [6, 6.07) is 11.6. The number of fused-ring (bicyclic) bond motifs is 1. The minimum absolute atomic E-state index is 0.0100. The van der Waals surface area contributed by atoms with Crippen LogP contribution >= 0.6 is 11.6 Å². The summed E-state index contributed by atoms with van der Waals surface area (Å²) in [5.74, 6) is 0.500. The first-order valence-electron chi connectivity index (χ1n) is 13.3. The van der Waals surface area contributed by atoms with E-state index in [1.807, 2.05) is 48.2 Å². The molecule has 2 fully saturated rings. The molecule has 0 bridgehead atoms. The number of anilines is 1. The number of nitrogens with one attached hydrogen (secondary N) is 1. The molecular weight excluding hydrogens is 524 g/mol. The molecule has 1 spiro atoms. The second-order valence-electron chi connectivity index (χ2n) is 10.6. The molecule has 2 aliphatic rings. The van der Waals surface area contributed by atoms with E-state index in [-0.39, 0.29) is 17.9 Å². The van der Waals surface area contributed by atoms with E-state index >= 15 is 0 Å². The monoisotopic (exact) mass is 552 g/mol. The summed E-state index contributed by atoms with van der Waals surface area (Å²) in [6.07, 6.45) is 6.76. The smallest absolute Gasteiger partial charge is 0.245 e. The number of carbonyl (C=O) groups is 1. The topological polar surface area (TPSA) is 78.7 Å². The van der Waals surface area contributed by atoms with E-state index in [0.717, 1.165) is 72.4 Å². The quantitative estimate of drug-likeness (QED) is 0.223. The highest BCUT2D eigenvalue weighted by molar-refractivity contribution is 6.36. The maximum Gasteiger partial charge on any atom is 0.245 e. The van der Waals surface area contributed by atoms with Crippen LogP contribution in [0.4, 0.5) is 11.4 Å². The van der Waals surface area contributed by atoms with Gasteiger partial charge >= 0.3 is 0 Å². The number of nitrogens with zero attached hydrogens (tertiary/aromatic N) is 5. The van der Waals surface area contributed by atoms with Crippen LogP contribution in [0, 0.1) is 18.9 Å². The molecule has 9 heteroatoms. The Morgan fingerprint density at radius 2 is 2.05 bits per heavy atom. The van der Waals surface area contributed by atoms with Gasteiger partial charge in [-0.3, -0.25) is 14.9 Å². The largest absolute Gasteiger partial charge is 0.486 e. The maximum atomic E-state index is 12.0. The number of pyridine rings is 1. The molecule has 2 aliphatic heterocycles. The highest BCUT2D eigenvalue weighted by Crippen LogP contribution is 2.52. The van der Waals surface area contributed by atoms with Gasteiger partial charge in [0.05, 0.1) is 29.0 Å². The summed E-state index contributed by atoms with van der Waals surface area (Å²) in [5.41, 5.74) is 5.61. The van der Waals surface area contributed by atoms with Crippen molar-refractivity contribution in [3.05, 3.63) is 89.1 Å². The van der Waals surface area contributed by atoms with Crippen LogP contribution in [0.5, 0.6) is 5.75 Å². The lowest BCUT2D eigenvalue weighted by Crippen LogP contribution is -2.61. The van der Waals surface area contributed by atoms with E-state index in [9.17, 15) is 4.79 Å². The number of aryl methyl sites for hydroxylation is 1. The van der Waals surface area contributed by atoms with Crippen LogP contribution in [0.2, 0.25) is 5.02 Å². The molecule has 0 radical (unpaired) electrons. The third kappa shape index (κ3) is 4.46. The number of likely N-dealkylation sites (tertiary alicyclic amines) is 1. The molecule has 2 saturated heterocycles. The van der Waals surface area contributed by atoms with Crippen molar-refractivity contribution < 1.29 is 9.53 Å². The fraction of sp³-hybridized carbons (Fsp3) is 0.290. The summed E-state index contributed by atoms with van der Waals surface area (Å²) >= 11 is 7.10. The predicted octanol–water partition coefficient (Wildman–Crippen LogP) is 6.33. The van der Waals surface area contributed by atoms with Crippen molar-refractivity contribution in [3.8, 4) is 16.9 Å². The van der Waals surface area contributed by atoms with Crippen LogP contribution in [0.15, 0.2) is 61.4 Å². The number of hydrogen-bond donors (Lipinski definition) is 1. The van der Waals surface area contributed by atoms with Crippen LogP contribution in [0.1, 0.15) is 24.1 Å². The summed E-state index contributed by atoms with van der Waals surface area (Å²) in [5, 5.41) is 8.59. The average molecular weight is 553 g/mol. The Balaban J connectivity index is 1.41. The van der Waals surface area contributed by atoms with Crippen LogP contribution in [0.25, 0.3) is 26.9 Å². The SMILES string of the molecule is [C-]#[N+]c1c(N2CCC3(CC2)CN(C(=O)C=C)C3)cc(OCc2ccccn2)c(Cl)c1-c1c(C)ccc2[nH]ncc12. The minimum atomic E-state index is -0.0100. The Bertz CT molecular complexity index is 1640. The van der Waals surface area contributed by atoms with Crippen LogP contribution in [-0.2, 0) is 11.4 Å². The van der Waals surface area contributed by atoms with Gasteiger partial charge < -0.3 is 14.5 Å². The van der Waals surface area contributed by atoms with Crippen LogP contribution in [0.3, 0.4) is 0 Å². The van der Waals surface area contributed by atoms with Gasteiger partial charge in [0.15, 0.2) is 0 Å². The van der Waals surface area contributed by atoms with Crippen molar-refractivity contribution in [2.45, 2.75) is 26.4 Å². The fourth-order valence-electron chi connectivity index (χ4n) is 5.98. The molecule has 0 saturated carbocycles. The second kappa shape index (κ2) is 10.3. The van der Waals surface area contributed by atoms with E-state index in [1.54, 1.807) is 12.4 Å². The highest BCUT2D eigenvalue weighted by atomic mass is 35.5. The predicted molar refractivity (Wildman–Crippen MR) is 157 cm³/mol. The van der Waals surface area contributed by atoms with E-state index in [0.29, 0.717) is 22.0 Å². The van der Waals surface area contributed by atoms with Crippen molar-refractivity contribution in [2.75, 3.05) is 31.1 Å². The van der Waals surface area contributed by atoms with E-state index in [4.69, 9.17) is 22.9 Å². The number of piperidine rings is 1.